The van der Waals surface area contributed by atoms with E-state index in [1.54, 1.807) is 55.4 Å². The van der Waals surface area contributed by atoms with Crippen molar-refractivity contribution in [2.24, 2.45) is 0 Å². The van der Waals surface area contributed by atoms with Crippen LogP contribution in [0.5, 0.6) is 34.5 Å². The van der Waals surface area contributed by atoms with Gasteiger partial charge < -0.3 is 66.2 Å². The van der Waals surface area contributed by atoms with E-state index in [0.717, 1.165) is 150 Å². The fraction of sp³-hybridized carbons (Fsp3) is 0.193. The van der Waals surface area contributed by atoms with Crippen LogP contribution in [0.3, 0.4) is 0 Å². The molecule has 0 spiro atoms. The SMILES string of the molecule is CCn1c(-c2ccc(C(=O)N3CCCC3)cc2)c(C#N)c2ccc(OC)cc21.CCn1c(-c2ccc(C(=O)N3CCOCC3)cc2)c(C#N)c2ccc(OC)cc21.Cc1ccc2c(C#N)cn(-c3ccc4c(c3)OCO4)c2c1.N#Cc1c[nH]c2cc(Cl)ccc12.N#Cc1cn(-c2ccc3c(c2)OCO3)c2cc(F)ccc12. The lowest BCUT2D eigenvalue weighted by atomic mass is 10.0. The van der Waals surface area contributed by atoms with Crippen molar-refractivity contribution in [1.82, 2.24) is 33.1 Å². The van der Waals surface area contributed by atoms with E-state index in [4.69, 9.17) is 50.0 Å². The molecule has 9 aromatic carbocycles. The van der Waals surface area contributed by atoms with E-state index in [-0.39, 0.29) is 31.2 Å². The van der Waals surface area contributed by atoms with Crippen molar-refractivity contribution < 1.29 is 47.1 Å². The highest BCUT2D eigenvalue weighted by molar-refractivity contribution is 6.31. The molecule has 2 saturated heterocycles. The van der Waals surface area contributed by atoms with Crippen LogP contribution in [0.2, 0.25) is 5.02 Å². The van der Waals surface area contributed by atoms with Crippen LogP contribution in [-0.2, 0) is 17.8 Å². The van der Waals surface area contributed by atoms with E-state index in [2.05, 4.69) is 64.4 Å². The number of nitrogens with one attached hydrogen (secondary N) is 1. The fourth-order valence-electron chi connectivity index (χ4n) is 14.4. The molecular formula is C88H72ClFN12O9. The number of amides is 2. The van der Waals surface area contributed by atoms with Gasteiger partial charge in [0.2, 0.25) is 13.6 Å². The van der Waals surface area contributed by atoms with Crippen LogP contribution in [-0.4, -0.2) is 112 Å². The van der Waals surface area contributed by atoms with Gasteiger partial charge in [-0.25, -0.2) is 4.39 Å². The minimum atomic E-state index is -0.341. The zero-order valence-corrected chi connectivity index (χ0v) is 62.1. The molecule has 1 N–H and O–H groups in total. The summed E-state index contributed by atoms with van der Waals surface area (Å²) < 4.78 is 59.0. The Kier molecular flexibility index (Phi) is 21.7. The van der Waals surface area contributed by atoms with Gasteiger partial charge in [-0.15, -0.1) is 0 Å². The standard InChI is InChI=1S/C23H23N3O3.C23H23N3O2.C17H12N2O2.C16H9FN2O2.C9H5ClN2/c1-3-26-21-14-18(28-2)8-9-19(21)20(15-24)22(26)16-4-6-17(7-5-16)23(27)25-10-12-29-13-11-25;1-3-26-21-14-18(28-2)10-11-19(21)20(15-24)22(26)16-6-8-17(9-7-16)23(27)25-12-4-5-13-25;1-11-2-4-14-12(8-18)9-19(15(14)6-11)13-3-5-16-17(7-13)21-10-20-16;17-11-1-3-13-10(7-18)8-19(14(13)5-11)12-2-4-15-16(6-12)21-9-20-15;10-7-1-2-8-6(4-11)5-12-9(8)3-7/h4-9,14H,3,10-13H2,1-2H3;6-11,14H,3-5,12-13H2,1-2H3;2-7,9H,10H2,1H3;1-6,8H,9H2;1-3,5,12H. The van der Waals surface area contributed by atoms with Gasteiger partial charge >= 0.3 is 0 Å². The van der Waals surface area contributed by atoms with Crippen LogP contribution in [0.25, 0.3) is 88.4 Å². The number of H-pyrrole nitrogens is 1. The molecule has 21 nitrogen and oxygen atoms in total. The van der Waals surface area contributed by atoms with E-state index in [1.807, 2.05) is 161 Å². The third-order valence-electron chi connectivity index (χ3n) is 19.9. The fourth-order valence-corrected chi connectivity index (χ4v) is 14.6. The van der Waals surface area contributed by atoms with Gasteiger partial charge in [0.25, 0.3) is 11.8 Å². The number of aromatic nitrogens is 5. The van der Waals surface area contributed by atoms with Crippen molar-refractivity contribution in [3.05, 3.63) is 250 Å². The Hall–Kier alpha value is -14.0. The number of nitriles is 5. The molecule has 0 atom stereocenters. The highest BCUT2D eigenvalue weighted by Gasteiger charge is 2.26. The van der Waals surface area contributed by atoms with Gasteiger partial charge in [0.15, 0.2) is 23.0 Å². The molecule has 0 saturated carbocycles. The average Bonchev–Trinajstić information content (AvgIpc) is 1.62. The smallest absolute Gasteiger partial charge is 0.254 e. The maximum atomic E-state index is 13.5. The van der Waals surface area contributed by atoms with E-state index in [9.17, 15) is 35.0 Å². The molecule has 23 heteroatoms. The Labute approximate surface area is 643 Å². The summed E-state index contributed by atoms with van der Waals surface area (Å²) in [6, 6.07) is 65.1. The first-order valence-corrected chi connectivity index (χ1v) is 36.3. The summed E-state index contributed by atoms with van der Waals surface area (Å²) >= 11 is 5.77. The topological polar surface area (TPSA) is 260 Å². The zero-order chi connectivity index (χ0) is 77.4. The van der Waals surface area contributed by atoms with Gasteiger partial charge in [-0.2, -0.15) is 26.3 Å². The number of likely N-dealkylation sites (tertiary alicyclic amines) is 1. The lowest BCUT2D eigenvalue weighted by molar-refractivity contribution is 0.0303. The number of aryl methyl sites for hydroxylation is 3. The molecule has 18 rings (SSSR count). The van der Waals surface area contributed by atoms with Crippen molar-refractivity contribution in [2.45, 2.75) is 46.7 Å². The maximum absolute atomic E-state index is 13.5. The lowest BCUT2D eigenvalue weighted by Crippen LogP contribution is -2.40. The second-order valence-electron chi connectivity index (χ2n) is 26.3. The van der Waals surface area contributed by atoms with Crippen LogP contribution in [0.4, 0.5) is 4.39 Å². The van der Waals surface area contributed by atoms with Gasteiger partial charge in [-0.1, -0.05) is 54.1 Å². The summed E-state index contributed by atoms with van der Waals surface area (Å²) in [4.78, 5) is 32.0. The third kappa shape index (κ3) is 14.9. The number of carbonyl (C=O) groups excluding carboxylic acids is 2. The second-order valence-corrected chi connectivity index (χ2v) is 26.7. The van der Waals surface area contributed by atoms with Crippen molar-refractivity contribution >= 4 is 77.9 Å². The summed E-state index contributed by atoms with van der Waals surface area (Å²) in [6.07, 6.45) is 7.40. The third-order valence-corrected chi connectivity index (χ3v) is 20.1. The van der Waals surface area contributed by atoms with Crippen molar-refractivity contribution in [3.8, 4) is 98.7 Å². The highest BCUT2D eigenvalue weighted by Crippen LogP contribution is 2.41. The van der Waals surface area contributed by atoms with Gasteiger partial charge in [-0.3, -0.25) is 9.59 Å². The molecule has 2 fully saturated rings. The van der Waals surface area contributed by atoms with Crippen molar-refractivity contribution in [1.29, 1.82) is 26.3 Å². The highest BCUT2D eigenvalue weighted by atomic mass is 35.5. The molecule has 4 aliphatic heterocycles. The van der Waals surface area contributed by atoms with Crippen LogP contribution in [0.1, 0.15) is 80.8 Å². The number of aromatic amines is 1. The molecule has 0 unspecified atom stereocenters. The van der Waals surface area contributed by atoms with Crippen LogP contribution in [0, 0.1) is 69.4 Å². The van der Waals surface area contributed by atoms with E-state index in [1.165, 1.54) is 12.1 Å². The number of ether oxygens (including phenoxy) is 7. The molecule has 0 aliphatic carbocycles. The molecule has 5 aromatic heterocycles. The van der Waals surface area contributed by atoms with Crippen LogP contribution in [0.15, 0.2) is 195 Å². The van der Waals surface area contributed by atoms with Gasteiger partial charge in [0.05, 0.1) is 88.7 Å². The summed E-state index contributed by atoms with van der Waals surface area (Å²) in [5.74, 6) is 4.10. The summed E-state index contributed by atoms with van der Waals surface area (Å²) in [7, 11) is 3.28. The van der Waals surface area contributed by atoms with E-state index >= 15 is 0 Å². The normalized spacial score (nSPS) is 13.0. The lowest BCUT2D eigenvalue weighted by Gasteiger charge is -2.26. The summed E-state index contributed by atoms with van der Waals surface area (Å²) in [5, 5.41) is 52.0. The minimum absolute atomic E-state index is 0.0149. The van der Waals surface area contributed by atoms with Crippen molar-refractivity contribution in [3.63, 3.8) is 0 Å². The molecule has 111 heavy (non-hydrogen) atoms. The molecule has 552 valence electrons. The number of halogens is 2. The van der Waals surface area contributed by atoms with E-state index in [0.29, 0.717) is 87.3 Å². The molecule has 14 aromatic rings. The predicted molar refractivity (Wildman–Crippen MR) is 421 cm³/mol. The second kappa shape index (κ2) is 32.6. The van der Waals surface area contributed by atoms with E-state index < -0.39 is 0 Å². The molecule has 9 heterocycles. The maximum Gasteiger partial charge on any atom is 0.254 e. The Balaban J connectivity index is 0.000000118. The number of benzene rings is 9. The number of rotatable bonds is 10. The largest absolute Gasteiger partial charge is 0.497 e. The monoisotopic (exact) mass is 1490 g/mol. The number of methoxy groups -OCH3 is 2. The number of carbonyl (C=O) groups is 2. The minimum Gasteiger partial charge on any atom is -0.497 e. The zero-order valence-electron chi connectivity index (χ0n) is 61.3. The number of morpholine rings is 1. The Morgan fingerprint density at radius 1 is 0.486 bits per heavy atom. The number of fused-ring (bicyclic) bond motifs is 7. The molecular weight excluding hydrogens is 1420 g/mol. The molecule has 2 amide bonds. The molecule has 0 radical (unpaired) electrons. The first-order valence-electron chi connectivity index (χ1n) is 36.0. The first-order chi connectivity index (χ1) is 54.2. The Morgan fingerprint density at radius 3 is 1.42 bits per heavy atom. The summed E-state index contributed by atoms with van der Waals surface area (Å²) in [5.41, 5.74) is 15.5. The van der Waals surface area contributed by atoms with Crippen LogP contribution < -0.4 is 28.4 Å². The van der Waals surface area contributed by atoms with Crippen LogP contribution >= 0.6 is 11.6 Å². The molecule has 4 aliphatic rings. The molecule has 0 bridgehead atoms. The number of hydrogen-bond acceptors (Lipinski definition) is 14. The predicted octanol–water partition coefficient (Wildman–Crippen LogP) is 17.7. The van der Waals surface area contributed by atoms with Gasteiger partial charge in [0.1, 0.15) is 47.7 Å². The first kappa shape index (κ1) is 73.9. The number of nitrogens with zero attached hydrogens (tertiary/aromatic N) is 11. The Bertz CT molecular complexity index is 5990. The van der Waals surface area contributed by atoms with Crippen molar-refractivity contribution in [2.75, 3.05) is 67.2 Å². The summed E-state index contributed by atoms with van der Waals surface area (Å²) in [6.45, 7) is 12.1. The average molecular weight is 1500 g/mol. The Morgan fingerprint density at radius 2 is 0.946 bits per heavy atom. The van der Waals surface area contributed by atoms with Gasteiger partial charge in [0, 0.05) is 142 Å². The van der Waals surface area contributed by atoms with Gasteiger partial charge in [-0.05, 0) is 159 Å². The number of hydrogen-bond donors (Lipinski definition) is 1. The quantitative estimate of drug-likeness (QED) is 0.134.